The van der Waals surface area contributed by atoms with Crippen LogP contribution in [0, 0.1) is 6.92 Å². The van der Waals surface area contributed by atoms with E-state index in [2.05, 4.69) is 21.7 Å². The van der Waals surface area contributed by atoms with Crippen LogP contribution in [0.25, 0.3) is 0 Å². The molecule has 23 heavy (non-hydrogen) atoms. The Labute approximate surface area is 140 Å². The van der Waals surface area contributed by atoms with E-state index in [4.69, 9.17) is 0 Å². The Bertz CT molecular complexity index is 703. The first kappa shape index (κ1) is 14.7. The molecule has 0 atom stereocenters. The molecule has 3 heterocycles. The van der Waals surface area contributed by atoms with Gasteiger partial charge in [0.15, 0.2) is 0 Å². The number of nitrogens with zero attached hydrogens (tertiary/aromatic N) is 2. The van der Waals surface area contributed by atoms with Crippen LogP contribution >= 0.6 is 11.3 Å². The zero-order valence-corrected chi connectivity index (χ0v) is 14.1. The van der Waals surface area contributed by atoms with Crippen molar-refractivity contribution in [3.05, 3.63) is 51.7 Å². The van der Waals surface area contributed by atoms with Gasteiger partial charge in [0.1, 0.15) is 0 Å². The van der Waals surface area contributed by atoms with Crippen molar-refractivity contribution in [1.29, 1.82) is 0 Å². The van der Waals surface area contributed by atoms with E-state index >= 15 is 0 Å². The number of aryl methyl sites for hydroxylation is 1. The highest BCUT2D eigenvalue weighted by Gasteiger charge is 2.36. The van der Waals surface area contributed by atoms with E-state index in [-0.39, 0.29) is 6.03 Å². The van der Waals surface area contributed by atoms with Crippen LogP contribution in [0.3, 0.4) is 0 Å². The number of anilines is 1. The van der Waals surface area contributed by atoms with Crippen molar-refractivity contribution in [3.8, 4) is 0 Å². The molecular weight excluding hydrogens is 306 g/mol. The predicted molar refractivity (Wildman–Crippen MR) is 94.0 cm³/mol. The number of carbonyl (C=O) groups is 1. The molecule has 5 heteroatoms. The monoisotopic (exact) mass is 327 g/mol. The van der Waals surface area contributed by atoms with Gasteiger partial charge in [0.25, 0.3) is 0 Å². The second-order valence-electron chi connectivity index (χ2n) is 6.44. The van der Waals surface area contributed by atoms with Gasteiger partial charge in [0, 0.05) is 42.8 Å². The van der Waals surface area contributed by atoms with Crippen LogP contribution in [0.5, 0.6) is 0 Å². The molecule has 0 radical (unpaired) electrons. The third-order valence-corrected chi connectivity index (χ3v) is 5.83. The number of amides is 2. The van der Waals surface area contributed by atoms with E-state index in [0.29, 0.717) is 6.04 Å². The first-order valence-corrected chi connectivity index (χ1v) is 8.99. The van der Waals surface area contributed by atoms with Crippen molar-refractivity contribution < 1.29 is 4.79 Å². The summed E-state index contributed by atoms with van der Waals surface area (Å²) in [5, 5.41) is 5.17. The van der Waals surface area contributed by atoms with Crippen LogP contribution in [-0.2, 0) is 13.0 Å². The van der Waals surface area contributed by atoms with Gasteiger partial charge in [0.2, 0.25) is 0 Å². The summed E-state index contributed by atoms with van der Waals surface area (Å²) in [7, 11) is 0. The molecule has 0 spiro atoms. The smallest absolute Gasteiger partial charge is 0.321 e. The number of thiophene rings is 1. The number of fused-ring (bicyclic) bond motifs is 1. The number of rotatable bonds is 2. The van der Waals surface area contributed by atoms with Crippen LogP contribution in [0.1, 0.15) is 16.0 Å². The van der Waals surface area contributed by atoms with Crippen molar-refractivity contribution in [3.63, 3.8) is 0 Å². The highest BCUT2D eigenvalue weighted by atomic mass is 32.1. The van der Waals surface area contributed by atoms with Gasteiger partial charge in [-0.05, 0) is 42.5 Å². The second kappa shape index (κ2) is 5.98. The van der Waals surface area contributed by atoms with Gasteiger partial charge in [-0.3, -0.25) is 4.90 Å². The average molecular weight is 327 g/mol. The van der Waals surface area contributed by atoms with Crippen LogP contribution in [0.15, 0.2) is 35.7 Å². The summed E-state index contributed by atoms with van der Waals surface area (Å²) in [4.78, 5) is 18.2. The SMILES string of the molecule is Cc1ccc(NC(=O)N2CC(N3CCc4sccc4C3)C2)cc1. The first-order valence-electron chi connectivity index (χ1n) is 8.11. The molecule has 1 saturated heterocycles. The number of hydrogen-bond acceptors (Lipinski definition) is 3. The molecule has 0 unspecified atom stereocenters. The number of likely N-dealkylation sites (tertiary alicyclic amines) is 1. The Balaban J connectivity index is 1.29. The van der Waals surface area contributed by atoms with Gasteiger partial charge in [-0.2, -0.15) is 0 Å². The van der Waals surface area contributed by atoms with E-state index in [9.17, 15) is 4.79 Å². The molecule has 1 aromatic heterocycles. The van der Waals surface area contributed by atoms with E-state index in [1.807, 2.05) is 47.4 Å². The summed E-state index contributed by atoms with van der Waals surface area (Å²) < 4.78 is 0. The van der Waals surface area contributed by atoms with Gasteiger partial charge in [0.05, 0.1) is 0 Å². The lowest BCUT2D eigenvalue weighted by molar-refractivity contribution is 0.0533. The standard InChI is InChI=1S/C18H21N3OS/c1-13-2-4-15(5-3-13)19-18(22)21-11-16(12-21)20-8-6-17-14(10-20)7-9-23-17/h2-5,7,9,16H,6,8,10-12H2,1H3,(H,19,22). The number of urea groups is 1. The lowest BCUT2D eigenvalue weighted by Crippen LogP contribution is -2.62. The zero-order chi connectivity index (χ0) is 15.8. The minimum atomic E-state index is 0.0123. The molecule has 2 aromatic rings. The van der Waals surface area contributed by atoms with E-state index in [0.717, 1.165) is 38.3 Å². The molecule has 1 aromatic carbocycles. The van der Waals surface area contributed by atoms with Gasteiger partial charge < -0.3 is 10.2 Å². The topological polar surface area (TPSA) is 35.6 Å². The van der Waals surface area contributed by atoms with Crippen molar-refractivity contribution in [2.45, 2.75) is 25.9 Å². The summed E-state index contributed by atoms with van der Waals surface area (Å²) in [5.41, 5.74) is 3.54. The molecule has 1 fully saturated rings. The van der Waals surface area contributed by atoms with Crippen LogP contribution in [0.4, 0.5) is 10.5 Å². The van der Waals surface area contributed by atoms with Gasteiger partial charge in [-0.15, -0.1) is 11.3 Å². The van der Waals surface area contributed by atoms with Crippen LogP contribution in [0.2, 0.25) is 0 Å². The lowest BCUT2D eigenvalue weighted by Gasteiger charge is -2.46. The predicted octanol–water partition coefficient (Wildman–Crippen LogP) is 3.33. The second-order valence-corrected chi connectivity index (χ2v) is 7.45. The molecule has 0 bridgehead atoms. The Hall–Kier alpha value is -1.85. The normalized spacial score (nSPS) is 18.4. The summed E-state index contributed by atoms with van der Waals surface area (Å²) in [5.74, 6) is 0. The Morgan fingerprint density at radius 3 is 2.78 bits per heavy atom. The fourth-order valence-electron chi connectivity index (χ4n) is 3.27. The Kier molecular flexibility index (Phi) is 3.83. The maximum absolute atomic E-state index is 12.3. The van der Waals surface area contributed by atoms with Crippen molar-refractivity contribution in [2.24, 2.45) is 0 Å². The number of nitrogens with one attached hydrogen (secondary N) is 1. The molecule has 2 amide bonds. The highest BCUT2D eigenvalue weighted by molar-refractivity contribution is 7.10. The molecule has 2 aliphatic heterocycles. The van der Waals surface area contributed by atoms with E-state index < -0.39 is 0 Å². The van der Waals surface area contributed by atoms with E-state index in [1.54, 1.807) is 0 Å². The number of hydrogen-bond donors (Lipinski definition) is 1. The summed E-state index contributed by atoms with van der Waals surface area (Å²) >= 11 is 1.87. The highest BCUT2D eigenvalue weighted by Crippen LogP contribution is 2.27. The minimum Gasteiger partial charge on any atom is -0.321 e. The third kappa shape index (κ3) is 2.99. The van der Waals surface area contributed by atoms with Gasteiger partial charge >= 0.3 is 6.03 Å². The summed E-state index contributed by atoms with van der Waals surface area (Å²) in [6.45, 7) is 5.86. The minimum absolute atomic E-state index is 0.0123. The fourth-order valence-corrected chi connectivity index (χ4v) is 4.16. The molecule has 0 aliphatic carbocycles. The molecule has 120 valence electrons. The maximum atomic E-state index is 12.3. The van der Waals surface area contributed by atoms with Gasteiger partial charge in [-0.25, -0.2) is 4.79 Å². The molecule has 4 nitrogen and oxygen atoms in total. The molecule has 2 aliphatic rings. The average Bonchev–Trinajstić information content (AvgIpc) is 2.96. The molecule has 0 saturated carbocycles. The molecule has 1 N–H and O–H groups in total. The Morgan fingerprint density at radius 2 is 2.00 bits per heavy atom. The fraction of sp³-hybridized carbons (Fsp3) is 0.389. The zero-order valence-electron chi connectivity index (χ0n) is 13.3. The summed E-state index contributed by atoms with van der Waals surface area (Å²) in [6.07, 6.45) is 1.15. The van der Waals surface area contributed by atoms with Crippen LogP contribution < -0.4 is 5.32 Å². The molecule has 4 rings (SSSR count). The van der Waals surface area contributed by atoms with Gasteiger partial charge in [-0.1, -0.05) is 17.7 Å². The third-order valence-electron chi connectivity index (χ3n) is 4.81. The molecular formula is C18H21N3OS. The quantitative estimate of drug-likeness (QED) is 0.918. The Morgan fingerprint density at radius 1 is 1.22 bits per heavy atom. The largest absolute Gasteiger partial charge is 0.321 e. The summed E-state index contributed by atoms with van der Waals surface area (Å²) in [6, 6.07) is 10.7. The van der Waals surface area contributed by atoms with Crippen molar-refractivity contribution >= 4 is 23.1 Å². The van der Waals surface area contributed by atoms with Crippen molar-refractivity contribution in [2.75, 3.05) is 25.0 Å². The van der Waals surface area contributed by atoms with Crippen LogP contribution in [-0.4, -0.2) is 41.5 Å². The van der Waals surface area contributed by atoms with Crippen molar-refractivity contribution in [1.82, 2.24) is 9.80 Å². The number of benzene rings is 1. The first-order chi connectivity index (χ1) is 11.2. The number of carbonyl (C=O) groups excluding carboxylic acids is 1. The maximum Gasteiger partial charge on any atom is 0.321 e. The lowest BCUT2D eigenvalue weighted by atomic mass is 10.0. The van der Waals surface area contributed by atoms with E-state index in [1.165, 1.54) is 16.0 Å².